The molecule has 21 heavy (non-hydrogen) atoms. The highest BCUT2D eigenvalue weighted by atomic mass is 16.5. The van der Waals surface area contributed by atoms with Crippen LogP contribution in [0, 0.1) is 0 Å². The van der Waals surface area contributed by atoms with E-state index in [1.54, 1.807) is 12.1 Å². The van der Waals surface area contributed by atoms with Crippen LogP contribution in [0.4, 0.5) is 0 Å². The molecule has 4 nitrogen and oxygen atoms in total. The smallest absolute Gasteiger partial charge is 0.341 e. The fraction of sp³-hybridized carbons (Fsp3) is 0.235. The minimum absolute atomic E-state index is 0.272. The van der Waals surface area contributed by atoms with Gasteiger partial charge in [-0.2, -0.15) is 0 Å². The first kappa shape index (κ1) is 15.1. The summed E-state index contributed by atoms with van der Waals surface area (Å²) in [5, 5.41) is 12.0. The third-order valence-corrected chi connectivity index (χ3v) is 3.20. The van der Waals surface area contributed by atoms with Crippen molar-refractivity contribution in [1.82, 2.24) is 5.32 Å². The second kappa shape index (κ2) is 7.45. The Morgan fingerprint density at radius 1 is 1.14 bits per heavy atom. The number of ether oxygens (including phenoxy) is 1. The summed E-state index contributed by atoms with van der Waals surface area (Å²) < 4.78 is 5.10. The maximum atomic E-state index is 10.4. The summed E-state index contributed by atoms with van der Waals surface area (Å²) in [6.07, 6.45) is 0. The Kier molecular flexibility index (Phi) is 5.35. The maximum Gasteiger partial charge on any atom is 0.341 e. The standard InChI is InChI=1S/C17H19NO3/c1-13(15-5-3-2-4-6-15)18-11-14-7-9-16(10-8-14)21-12-17(19)20/h2-10,13,18H,11-12H2,1H3,(H,19,20)/t13-/m0/s1. The number of carboxylic acid groups (broad SMARTS) is 1. The van der Waals surface area contributed by atoms with Gasteiger partial charge in [-0.15, -0.1) is 0 Å². The molecule has 2 aromatic carbocycles. The molecular formula is C17H19NO3. The normalized spacial score (nSPS) is 11.9. The largest absolute Gasteiger partial charge is 0.482 e. The Morgan fingerprint density at radius 3 is 2.43 bits per heavy atom. The quantitative estimate of drug-likeness (QED) is 0.821. The van der Waals surface area contributed by atoms with E-state index in [1.165, 1.54) is 5.56 Å². The van der Waals surface area contributed by atoms with Gasteiger partial charge in [0.15, 0.2) is 6.61 Å². The van der Waals surface area contributed by atoms with Crippen molar-refractivity contribution >= 4 is 5.97 Å². The molecule has 0 saturated carbocycles. The number of rotatable bonds is 7. The second-order valence-corrected chi connectivity index (χ2v) is 4.84. The molecule has 0 bridgehead atoms. The third kappa shape index (κ3) is 4.93. The van der Waals surface area contributed by atoms with Crippen LogP contribution in [-0.2, 0) is 11.3 Å². The van der Waals surface area contributed by atoms with Gasteiger partial charge < -0.3 is 15.2 Å². The number of aliphatic carboxylic acids is 1. The van der Waals surface area contributed by atoms with Crippen molar-refractivity contribution in [2.75, 3.05) is 6.61 Å². The van der Waals surface area contributed by atoms with E-state index in [0.29, 0.717) is 5.75 Å². The van der Waals surface area contributed by atoms with Gasteiger partial charge in [-0.1, -0.05) is 42.5 Å². The summed E-state index contributed by atoms with van der Waals surface area (Å²) in [6.45, 7) is 2.55. The zero-order valence-electron chi connectivity index (χ0n) is 12.0. The van der Waals surface area contributed by atoms with Crippen molar-refractivity contribution in [3.8, 4) is 5.75 Å². The average molecular weight is 285 g/mol. The molecular weight excluding hydrogens is 266 g/mol. The first-order valence-electron chi connectivity index (χ1n) is 6.87. The van der Waals surface area contributed by atoms with E-state index in [0.717, 1.165) is 12.1 Å². The number of carboxylic acids is 1. The Balaban J connectivity index is 1.85. The molecule has 0 aliphatic rings. The molecule has 0 spiro atoms. The SMILES string of the molecule is C[C@H](NCc1ccc(OCC(=O)O)cc1)c1ccccc1. The summed E-state index contributed by atoms with van der Waals surface area (Å²) in [4.78, 5) is 10.4. The van der Waals surface area contributed by atoms with E-state index in [4.69, 9.17) is 9.84 Å². The lowest BCUT2D eigenvalue weighted by molar-refractivity contribution is -0.139. The van der Waals surface area contributed by atoms with Crippen LogP contribution < -0.4 is 10.1 Å². The van der Waals surface area contributed by atoms with Gasteiger partial charge in [-0.3, -0.25) is 0 Å². The van der Waals surface area contributed by atoms with Crippen LogP contribution in [0.2, 0.25) is 0 Å². The summed E-state index contributed by atoms with van der Waals surface area (Å²) in [7, 11) is 0. The van der Waals surface area contributed by atoms with Gasteiger partial charge in [0.25, 0.3) is 0 Å². The lowest BCUT2D eigenvalue weighted by Crippen LogP contribution is -2.17. The topological polar surface area (TPSA) is 58.6 Å². The van der Waals surface area contributed by atoms with E-state index < -0.39 is 5.97 Å². The van der Waals surface area contributed by atoms with Gasteiger partial charge >= 0.3 is 5.97 Å². The number of hydrogen-bond acceptors (Lipinski definition) is 3. The zero-order chi connectivity index (χ0) is 15.1. The monoisotopic (exact) mass is 285 g/mol. The van der Waals surface area contributed by atoms with Crippen LogP contribution in [-0.4, -0.2) is 17.7 Å². The molecule has 0 fully saturated rings. The third-order valence-electron chi connectivity index (χ3n) is 3.20. The van der Waals surface area contributed by atoms with E-state index in [2.05, 4.69) is 24.4 Å². The summed E-state index contributed by atoms with van der Waals surface area (Å²) in [5.74, 6) is -0.408. The molecule has 2 rings (SSSR count). The molecule has 1 atom stereocenters. The Labute approximate surface area is 124 Å². The molecule has 0 aromatic heterocycles. The van der Waals surface area contributed by atoms with Crippen molar-refractivity contribution in [3.05, 3.63) is 65.7 Å². The molecule has 4 heteroatoms. The van der Waals surface area contributed by atoms with Gasteiger partial charge in [0.05, 0.1) is 0 Å². The fourth-order valence-electron chi connectivity index (χ4n) is 1.98. The lowest BCUT2D eigenvalue weighted by atomic mass is 10.1. The number of nitrogens with one attached hydrogen (secondary N) is 1. The molecule has 0 radical (unpaired) electrons. The van der Waals surface area contributed by atoms with Crippen LogP contribution >= 0.6 is 0 Å². The number of carbonyl (C=O) groups is 1. The highest BCUT2D eigenvalue weighted by Gasteiger charge is 2.04. The van der Waals surface area contributed by atoms with Gasteiger partial charge in [-0.25, -0.2) is 4.79 Å². The average Bonchev–Trinajstić information content (AvgIpc) is 2.52. The Hall–Kier alpha value is -2.33. The Bertz CT molecular complexity index is 566. The van der Waals surface area contributed by atoms with E-state index in [9.17, 15) is 4.79 Å². The molecule has 0 saturated heterocycles. The van der Waals surface area contributed by atoms with Crippen molar-refractivity contribution in [3.63, 3.8) is 0 Å². The van der Waals surface area contributed by atoms with Gasteiger partial charge in [0.1, 0.15) is 5.75 Å². The summed E-state index contributed by atoms with van der Waals surface area (Å²) >= 11 is 0. The predicted octanol–water partition coefficient (Wildman–Crippen LogP) is 3.00. The molecule has 0 heterocycles. The first-order valence-corrected chi connectivity index (χ1v) is 6.87. The second-order valence-electron chi connectivity index (χ2n) is 4.84. The molecule has 0 aliphatic heterocycles. The van der Waals surface area contributed by atoms with Gasteiger partial charge in [0, 0.05) is 12.6 Å². The van der Waals surface area contributed by atoms with Gasteiger partial charge in [-0.05, 0) is 30.2 Å². The summed E-state index contributed by atoms with van der Waals surface area (Å²) in [5.41, 5.74) is 2.37. The van der Waals surface area contributed by atoms with E-state index in [1.807, 2.05) is 30.3 Å². The molecule has 0 unspecified atom stereocenters. The van der Waals surface area contributed by atoms with Crippen LogP contribution in [0.1, 0.15) is 24.1 Å². The molecule has 110 valence electrons. The van der Waals surface area contributed by atoms with Crippen molar-refractivity contribution < 1.29 is 14.6 Å². The van der Waals surface area contributed by atoms with E-state index in [-0.39, 0.29) is 12.6 Å². The molecule has 0 aliphatic carbocycles. The highest BCUT2D eigenvalue weighted by Crippen LogP contribution is 2.15. The summed E-state index contributed by atoms with van der Waals surface area (Å²) in [6, 6.07) is 18.0. The van der Waals surface area contributed by atoms with Crippen LogP contribution in [0.15, 0.2) is 54.6 Å². The lowest BCUT2D eigenvalue weighted by Gasteiger charge is -2.14. The highest BCUT2D eigenvalue weighted by molar-refractivity contribution is 5.68. The molecule has 2 N–H and O–H groups in total. The molecule has 2 aromatic rings. The van der Waals surface area contributed by atoms with Gasteiger partial charge in [0.2, 0.25) is 0 Å². The van der Waals surface area contributed by atoms with Crippen LogP contribution in [0.5, 0.6) is 5.75 Å². The molecule has 0 amide bonds. The number of benzene rings is 2. The van der Waals surface area contributed by atoms with E-state index >= 15 is 0 Å². The van der Waals surface area contributed by atoms with Crippen molar-refractivity contribution in [2.24, 2.45) is 0 Å². The Morgan fingerprint density at radius 2 is 1.81 bits per heavy atom. The predicted molar refractivity (Wildman–Crippen MR) is 81.3 cm³/mol. The first-order chi connectivity index (χ1) is 10.1. The van der Waals surface area contributed by atoms with Crippen molar-refractivity contribution in [2.45, 2.75) is 19.5 Å². The maximum absolute atomic E-state index is 10.4. The van der Waals surface area contributed by atoms with Crippen molar-refractivity contribution in [1.29, 1.82) is 0 Å². The minimum atomic E-state index is -0.975. The minimum Gasteiger partial charge on any atom is -0.482 e. The van der Waals surface area contributed by atoms with Crippen LogP contribution in [0.3, 0.4) is 0 Å². The number of hydrogen-bond donors (Lipinski definition) is 2. The fourth-order valence-corrected chi connectivity index (χ4v) is 1.98. The zero-order valence-corrected chi connectivity index (χ0v) is 12.0. The van der Waals surface area contributed by atoms with Crippen LogP contribution in [0.25, 0.3) is 0 Å².